The van der Waals surface area contributed by atoms with Gasteiger partial charge in [-0.2, -0.15) is 0 Å². The standard InChI is InChI=1S/C27H24N4O3S/c1-16-3-5-17(6-4-16)14-28-25(32)19-9-7-18(8-10-19)15-31-26(33)24-23(30-27(31)35)21-13-20(34-2)11-12-22(21)29-24/h3-13,29H,14-15H2,1-2H3,(H,28,32)(H,30,35). The average molecular weight is 485 g/mol. The van der Waals surface area contributed by atoms with Crippen molar-refractivity contribution in [2.45, 2.75) is 20.0 Å². The van der Waals surface area contributed by atoms with Crippen molar-refractivity contribution in [3.63, 3.8) is 0 Å². The second-order valence-corrected chi connectivity index (χ2v) is 8.86. The molecule has 0 aliphatic carbocycles. The van der Waals surface area contributed by atoms with E-state index in [1.807, 2.05) is 61.5 Å². The molecule has 0 unspecified atom stereocenters. The summed E-state index contributed by atoms with van der Waals surface area (Å²) in [5, 5.41) is 3.78. The Balaban J connectivity index is 1.36. The molecule has 2 heterocycles. The van der Waals surface area contributed by atoms with E-state index in [0.717, 1.165) is 22.0 Å². The molecule has 0 fully saturated rings. The molecule has 0 atom stereocenters. The van der Waals surface area contributed by atoms with Crippen molar-refractivity contribution in [1.82, 2.24) is 19.9 Å². The number of methoxy groups -OCH3 is 1. The number of nitrogens with one attached hydrogen (secondary N) is 3. The summed E-state index contributed by atoms with van der Waals surface area (Å²) >= 11 is 5.51. The van der Waals surface area contributed by atoms with Gasteiger partial charge in [0, 0.05) is 23.0 Å². The highest BCUT2D eigenvalue weighted by molar-refractivity contribution is 7.71. The van der Waals surface area contributed by atoms with Gasteiger partial charge in [-0.3, -0.25) is 14.2 Å². The van der Waals surface area contributed by atoms with E-state index in [9.17, 15) is 9.59 Å². The highest BCUT2D eigenvalue weighted by atomic mass is 32.1. The van der Waals surface area contributed by atoms with E-state index in [1.54, 1.807) is 19.2 Å². The SMILES string of the molecule is COc1ccc2[nH]c3c(=O)n(Cc4ccc(C(=O)NCc5ccc(C)cc5)cc4)c(=S)[nH]c3c2c1. The molecule has 35 heavy (non-hydrogen) atoms. The zero-order valence-electron chi connectivity index (χ0n) is 19.3. The number of carbonyl (C=O) groups excluding carboxylic acids is 1. The van der Waals surface area contributed by atoms with Crippen LogP contribution in [0.5, 0.6) is 5.75 Å². The van der Waals surface area contributed by atoms with Gasteiger partial charge >= 0.3 is 0 Å². The van der Waals surface area contributed by atoms with Gasteiger partial charge in [-0.25, -0.2) is 0 Å². The monoisotopic (exact) mass is 484 g/mol. The minimum Gasteiger partial charge on any atom is -0.497 e. The lowest BCUT2D eigenvalue weighted by molar-refractivity contribution is 0.0951. The van der Waals surface area contributed by atoms with Gasteiger partial charge in [0.25, 0.3) is 11.5 Å². The van der Waals surface area contributed by atoms with Gasteiger partial charge in [0.2, 0.25) is 0 Å². The molecule has 0 radical (unpaired) electrons. The minimum atomic E-state index is -0.209. The van der Waals surface area contributed by atoms with Gasteiger partial charge in [0.15, 0.2) is 4.77 Å². The molecule has 7 nitrogen and oxygen atoms in total. The number of hydrogen-bond acceptors (Lipinski definition) is 4. The first-order valence-electron chi connectivity index (χ1n) is 11.2. The molecular formula is C27H24N4O3S. The molecule has 0 saturated carbocycles. The van der Waals surface area contributed by atoms with Crippen LogP contribution in [0.25, 0.3) is 21.9 Å². The maximum atomic E-state index is 13.2. The Labute approximate surface area is 206 Å². The maximum Gasteiger partial charge on any atom is 0.278 e. The molecule has 0 aliphatic rings. The second kappa shape index (κ2) is 9.23. The van der Waals surface area contributed by atoms with Crippen molar-refractivity contribution in [1.29, 1.82) is 0 Å². The molecule has 176 valence electrons. The number of H-pyrrole nitrogens is 2. The number of aromatic amines is 2. The zero-order valence-corrected chi connectivity index (χ0v) is 20.2. The number of ether oxygens (including phenoxy) is 1. The van der Waals surface area contributed by atoms with Crippen molar-refractivity contribution >= 4 is 40.1 Å². The van der Waals surface area contributed by atoms with Crippen molar-refractivity contribution in [3.05, 3.63) is 104 Å². The quantitative estimate of drug-likeness (QED) is 0.301. The Bertz CT molecular complexity index is 1660. The van der Waals surface area contributed by atoms with Crippen LogP contribution in [0.15, 0.2) is 71.5 Å². The van der Waals surface area contributed by atoms with E-state index >= 15 is 0 Å². The number of aryl methyl sites for hydroxylation is 1. The number of rotatable bonds is 6. The van der Waals surface area contributed by atoms with Crippen molar-refractivity contribution in [2.24, 2.45) is 0 Å². The molecule has 3 aromatic carbocycles. The molecule has 1 amide bonds. The molecule has 0 aliphatic heterocycles. The van der Waals surface area contributed by atoms with E-state index in [-0.39, 0.29) is 18.0 Å². The van der Waals surface area contributed by atoms with Crippen LogP contribution in [0.1, 0.15) is 27.0 Å². The van der Waals surface area contributed by atoms with Crippen molar-refractivity contribution in [3.8, 4) is 5.75 Å². The third kappa shape index (κ3) is 4.48. The Kier molecular flexibility index (Phi) is 5.96. The lowest BCUT2D eigenvalue weighted by Crippen LogP contribution is -2.23. The highest BCUT2D eigenvalue weighted by Crippen LogP contribution is 2.26. The number of carbonyl (C=O) groups is 1. The van der Waals surface area contributed by atoms with E-state index < -0.39 is 0 Å². The summed E-state index contributed by atoms with van der Waals surface area (Å²) < 4.78 is 7.14. The topological polar surface area (TPSA) is 91.9 Å². The van der Waals surface area contributed by atoms with Gasteiger partial charge in [-0.1, -0.05) is 42.0 Å². The lowest BCUT2D eigenvalue weighted by Gasteiger charge is -2.09. The van der Waals surface area contributed by atoms with Crippen LogP contribution < -0.4 is 15.6 Å². The number of fused-ring (bicyclic) bond motifs is 3. The summed E-state index contributed by atoms with van der Waals surface area (Å²) in [6.07, 6.45) is 0. The molecule has 2 aromatic heterocycles. The molecule has 0 bridgehead atoms. The van der Waals surface area contributed by atoms with E-state index in [2.05, 4.69) is 15.3 Å². The first-order valence-corrected chi connectivity index (χ1v) is 11.6. The number of aromatic nitrogens is 3. The third-order valence-corrected chi connectivity index (χ3v) is 6.39. The summed E-state index contributed by atoms with van der Waals surface area (Å²) in [4.78, 5) is 32.2. The Morgan fingerprint density at radius 2 is 1.69 bits per heavy atom. The van der Waals surface area contributed by atoms with Gasteiger partial charge < -0.3 is 20.0 Å². The highest BCUT2D eigenvalue weighted by Gasteiger charge is 2.13. The summed E-state index contributed by atoms with van der Waals surface area (Å²) in [5.74, 6) is 0.548. The molecular weight excluding hydrogens is 460 g/mol. The Hall–Kier alpha value is -4.17. The predicted molar refractivity (Wildman–Crippen MR) is 140 cm³/mol. The normalized spacial score (nSPS) is 11.1. The number of nitrogens with zero attached hydrogens (tertiary/aromatic N) is 1. The van der Waals surface area contributed by atoms with Gasteiger partial charge in [0.05, 0.1) is 19.2 Å². The zero-order chi connectivity index (χ0) is 24.5. The Morgan fingerprint density at radius 1 is 0.971 bits per heavy atom. The van der Waals surface area contributed by atoms with Crippen LogP contribution >= 0.6 is 12.2 Å². The van der Waals surface area contributed by atoms with E-state index in [1.165, 1.54) is 10.1 Å². The molecule has 0 spiro atoms. The lowest BCUT2D eigenvalue weighted by atomic mass is 10.1. The summed E-state index contributed by atoms with van der Waals surface area (Å²) in [7, 11) is 1.60. The fourth-order valence-corrected chi connectivity index (χ4v) is 4.32. The van der Waals surface area contributed by atoms with Crippen LogP contribution in [0, 0.1) is 11.7 Å². The van der Waals surface area contributed by atoms with Gasteiger partial charge in [-0.15, -0.1) is 0 Å². The first-order chi connectivity index (χ1) is 16.9. The Morgan fingerprint density at radius 3 is 2.40 bits per heavy atom. The van der Waals surface area contributed by atoms with Crippen LogP contribution in [0.3, 0.4) is 0 Å². The van der Waals surface area contributed by atoms with Gasteiger partial charge in [-0.05, 0) is 60.6 Å². The number of amides is 1. The van der Waals surface area contributed by atoms with E-state index in [4.69, 9.17) is 17.0 Å². The van der Waals surface area contributed by atoms with Gasteiger partial charge in [0.1, 0.15) is 11.3 Å². The van der Waals surface area contributed by atoms with Crippen LogP contribution in [0.2, 0.25) is 0 Å². The number of hydrogen-bond donors (Lipinski definition) is 3. The van der Waals surface area contributed by atoms with Crippen LogP contribution in [-0.2, 0) is 13.1 Å². The molecule has 5 rings (SSSR count). The van der Waals surface area contributed by atoms with Crippen molar-refractivity contribution in [2.75, 3.05) is 7.11 Å². The second-order valence-electron chi connectivity index (χ2n) is 8.47. The molecule has 3 N–H and O–H groups in total. The first kappa shape index (κ1) is 22.6. The summed E-state index contributed by atoms with van der Waals surface area (Å²) in [6.45, 7) is 2.77. The fourth-order valence-electron chi connectivity index (χ4n) is 4.07. The van der Waals surface area contributed by atoms with Crippen LogP contribution in [0.4, 0.5) is 0 Å². The summed E-state index contributed by atoms with van der Waals surface area (Å²) in [6, 6.07) is 20.8. The average Bonchev–Trinajstić information content (AvgIpc) is 3.24. The van der Waals surface area contributed by atoms with Crippen LogP contribution in [-0.4, -0.2) is 27.6 Å². The minimum absolute atomic E-state index is 0.151. The largest absolute Gasteiger partial charge is 0.497 e. The predicted octanol–water partition coefficient (Wildman–Crippen LogP) is 4.84. The van der Waals surface area contributed by atoms with E-state index in [0.29, 0.717) is 33.7 Å². The maximum absolute atomic E-state index is 13.2. The molecule has 0 saturated heterocycles. The molecule has 8 heteroatoms. The smallest absolute Gasteiger partial charge is 0.278 e. The molecule has 5 aromatic rings. The van der Waals surface area contributed by atoms with Crippen molar-refractivity contribution < 1.29 is 9.53 Å². The summed E-state index contributed by atoms with van der Waals surface area (Å²) in [5.41, 5.74) is 5.36. The fraction of sp³-hybridized carbons (Fsp3) is 0.148. The third-order valence-electron chi connectivity index (χ3n) is 6.07. The number of benzene rings is 3.